The molecule has 2 heterocycles. The number of nitrogens with zero attached hydrogens (tertiary/aromatic N) is 2. The first-order chi connectivity index (χ1) is 12.4. The van der Waals surface area contributed by atoms with Crippen molar-refractivity contribution in [3.05, 3.63) is 52.2 Å². The van der Waals surface area contributed by atoms with Gasteiger partial charge in [-0.1, -0.05) is 18.2 Å². The molecule has 140 valence electrons. The van der Waals surface area contributed by atoms with Gasteiger partial charge in [-0.15, -0.1) is 11.3 Å². The van der Waals surface area contributed by atoms with Gasteiger partial charge in [0, 0.05) is 37.6 Å². The van der Waals surface area contributed by atoms with Gasteiger partial charge in [0.2, 0.25) is 15.9 Å². The average Bonchev–Trinajstić information content (AvgIpc) is 3.13. The van der Waals surface area contributed by atoms with Gasteiger partial charge >= 0.3 is 0 Å². The monoisotopic (exact) mass is 393 g/mol. The van der Waals surface area contributed by atoms with Crippen LogP contribution in [0.3, 0.4) is 0 Å². The molecule has 0 saturated carbocycles. The number of thiophene rings is 1. The van der Waals surface area contributed by atoms with Crippen molar-refractivity contribution in [3.63, 3.8) is 0 Å². The van der Waals surface area contributed by atoms with Crippen LogP contribution >= 0.6 is 11.3 Å². The lowest BCUT2D eigenvalue weighted by Crippen LogP contribution is -2.49. The molecule has 3 rings (SSSR count). The van der Waals surface area contributed by atoms with Crippen LogP contribution in [0, 0.1) is 0 Å². The van der Waals surface area contributed by atoms with Gasteiger partial charge in [0.05, 0.1) is 11.3 Å². The highest BCUT2D eigenvalue weighted by Gasteiger charge is 2.21. The molecule has 26 heavy (non-hydrogen) atoms. The SMILES string of the molecule is NS(=O)(=O)c1ccc(CCN2CCN(C(=O)Cc3cccs3)CC2)cc1. The summed E-state index contributed by atoms with van der Waals surface area (Å²) in [5.74, 6) is 0.200. The summed E-state index contributed by atoms with van der Waals surface area (Å²) in [5.41, 5.74) is 1.08. The van der Waals surface area contributed by atoms with Crippen LogP contribution in [0.4, 0.5) is 0 Å². The summed E-state index contributed by atoms with van der Waals surface area (Å²) < 4.78 is 22.5. The van der Waals surface area contributed by atoms with Gasteiger partial charge < -0.3 is 4.90 Å². The number of piperazine rings is 1. The largest absolute Gasteiger partial charge is 0.340 e. The van der Waals surface area contributed by atoms with E-state index in [4.69, 9.17) is 5.14 Å². The molecule has 0 radical (unpaired) electrons. The fourth-order valence-corrected chi connectivity index (χ4v) is 4.24. The lowest BCUT2D eigenvalue weighted by molar-refractivity contribution is -0.132. The number of hydrogen-bond donors (Lipinski definition) is 1. The highest BCUT2D eigenvalue weighted by atomic mass is 32.2. The summed E-state index contributed by atoms with van der Waals surface area (Å²) in [5, 5.41) is 7.11. The minimum Gasteiger partial charge on any atom is -0.340 e. The zero-order valence-corrected chi connectivity index (χ0v) is 16.1. The Hall–Kier alpha value is -1.74. The molecule has 2 aromatic rings. The van der Waals surface area contributed by atoms with E-state index in [1.54, 1.807) is 35.6 Å². The van der Waals surface area contributed by atoms with E-state index in [0.717, 1.165) is 49.6 Å². The minimum atomic E-state index is -3.64. The van der Waals surface area contributed by atoms with Crippen LogP contribution in [0.15, 0.2) is 46.7 Å². The maximum atomic E-state index is 12.3. The van der Waals surface area contributed by atoms with Crippen LogP contribution in [-0.2, 0) is 27.7 Å². The van der Waals surface area contributed by atoms with Crippen LogP contribution in [0.25, 0.3) is 0 Å². The number of rotatable bonds is 6. The zero-order chi connectivity index (χ0) is 18.6. The van der Waals surface area contributed by atoms with Gasteiger partial charge in [-0.2, -0.15) is 0 Å². The third kappa shape index (κ3) is 5.14. The number of sulfonamides is 1. The second kappa shape index (κ2) is 8.30. The molecule has 2 N–H and O–H groups in total. The Morgan fingerprint density at radius 1 is 1.08 bits per heavy atom. The number of hydrogen-bond acceptors (Lipinski definition) is 5. The Morgan fingerprint density at radius 3 is 2.35 bits per heavy atom. The van der Waals surface area contributed by atoms with Crippen LogP contribution in [0.5, 0.6) is 0 Å². The van der Waals surface area contributed by atoms with Crippen molar-refractivity contribution in [3.8, 4) is 0 Å². The Kier molecular flexibility index (Phi) is 6.08. The van der Waals surface area contributed by atoms with E-state index in [2.05, 4.69) is 4.90 Å². The first-order valence-electron chi connectivity index (χ1n) is 8.56. The Balaban J connectivity index is 1.43. The molecule has 1 amide bonds. The Labute approximate surface area is 158 Å². The van der Waals surface area contributed by atoms with Gasteiger partial charge in [0.1, 0.15) is 0 Å². The van der Waals surface area contributed by atoms with E-state index >= 15 is 0 Å². The fraction of sp³-hybridized carbons (Fsp3) is 0.389. The topological polar surface area (TPSA) is 83.7 Å². The minimum absolute atomic E-state index is 0.138. The van der Waals surface area contributed by atoms with Crippen molar-refractivity contribution in [1.82, 2.24) is 9.80 Å². The maximum Gasteiger partial charge on any atom is 0.238 e. The molecule has 1 aromatic heterocycles. The molecule has 0 spiro atoms. The molecule has 1 aliphatic rings. The molecule has 6 nitrogen and oxygen atoms in total. The maximum absolute atomic E-state index is 12.3. The van der Waals surface area contributed by atoms with Crippen LogP contribution in [0.2, 0.25) is 0 Å². The predicted octanol–water partition coefficient (Wildman–Crippen LogP) is 1.32. The summed E-state index contributed by atoms with van der Waals surface area (Å²) >= 11 is 1.62. The van der Waals surface area contributed by atoms with Gasteiger partial charge in [-0.05, 0) is 35.6 Å². The summed E-state index contributed by atoms with van der Waals surface area (Å²) in [4.78, 5) is 17.8. The van der Waals surface area contributed by atoms with Gasteiger partial charge in [0.25, 0.3) is 0 Å². The second-order valence-electron chi connectivity index (χ2n) is 6.42. The molecule has 1 saturated heterocycles. The van der Waals surface area contributed by atoms with Gasteiger partial charge in [-0.3, -0.25) is 9.69 Å². The van der Waals surface area contributed by atoms with E-state index in [1.807, 2.05) is 22.4 Å². The quantitative estimate of drug-likeness (QED) is 0.802. The molecule has 0 atom stereocenters. The van der Waals surface area contributed by atoms with Crippen molar-refractivity contribution in [2.45, 2.75) is 17.7 Å². The van der Waals surface area contributed by atoms with E-state index < -0.39 is 10.0 Å². The number of carbonyl (C=O) groups excluding carboxylic acids is 1. The molecule has 1 fully saturated rings. The number of benzene rings is 1. The predicted molar refractivity (Wildman–Crippen MR) is 103 cm³/mol. The standard InChI is InChI=1S/C18H23N3O3S2/c19-26(23,24)17-5-3-15(4-6-17)7-8-20-9-11-21(12-10-20)18(22)14-16-2-1-13-25-16/h1-6,13H,7-12,14H2,(H2,19,23,24). The van der Waals surface area contributed by atoms with Gasteiger partial charge in [0.15, 0.2) is 0 Å². The van der Waals surface area contributed by atoms with Crippen LogP contribution in [-0.4, -0.2) is 56.8 Å². The molecule has 0 bridgehead atoms. The van der Waals surface area contributed by atoms with Crippen molar-refractivity contribution >= 4 is 27.3 Å². The van der Waals surface area contributed by atoms with Crippen molar-refractivity contribution < 1.29 is 13.2 Å². The second-order valence-corrected chi connectivity index (χ2v) is 9.01. The first kappa shape index (κ1) is 19.0. The fourth-order valence-electron chi connectivity index (χ4n) is 3.03. The normalized spacial score (nSPS) is 16.0. The summed E-state index contributed by atoms with van der Waals surface area (Å²) in [7, 11) is -3.64. The molecule has 1 aromatic carbocycles. The molecule has 0 aliphatic carbocycles. The number of carbonyl (C=O) groups is 1. The molecular formula is C18H23N3O3S2. The lowest BCUT2D eigenvalue weighted by Gasteiger charge is -2.34. The summed E-state index contributed by atoms with van der Waals surface area (Å²) in [6.45, 7) is 4.14. The smallest absolute Gasteiger partial charge is 0.238 e. The molecular weight excluding hydrogens is 370 g/mol. The average molecular weight is 394 g/mol. The van der Waals surface area contributed by atoms with E-state index in [0.29, 0.717) is 6.42 Å². The number of primary sulfonamides is 1. The van der Waals surface area contributed by atoms with Crippen LogP contribution < -0.4 is 5.14 Å². The van der Waals surface area contributed by atoms with Gasteiger partial charge in [-0.25, -0.2) is 13.6 Å². The highest BCUT2D eigenvalue weighted by Crippen LogP contribution is 2.13. The zero-order valence-electron chi connectivity index (χ0n) is 14.5. The third-order valence-electron chi connectivity index (χ3n) is 4.60. The first-order valence-corrected chi connectivity index (χ1v) is 11.0. The molecule has 0 unspecified atom stereocenters. The van der Waals surface area contributed by atoms with Crippen molar-refractivity contribution in [2.75, 3.05) is 32.7 Å². The van der Waals surface area contributed by atoms with Crippen molar-refractivity contribution in [2.24, 2.45) is 5.14 Å². The van der Waals surface area contributed by atoms with Crippen LogP contribution in [0.1, 0.15) is 10.4 Å². The molecule has 8 heteroatoms. The Morgan fingerprint density at radius 2 is 1.77 bits per heavy atom. The molecule has 1 aliphatic heterocycles. The highest BCUT2D eigenvalue weighted by molar-refractivity contribution is 7.89. The Bertz CT molecular complexity index is 825. The van der Waals surface area contributed by atoms with E-state index in [-0.39, 0.29) is 10.8 Å². The van der Waals surface area contributed by atoms with E-state index in [9.17, 15) is 13.2 Å². The third-order valence-corrected chi connectivity index (χ3v) is 6.40. The lowest BCUT2D eigenvalue weighted by atomic mass is 10.1. The number of nitrogens with two attached hydrogens (primary N) is 1. The number of amides is 1. The summed E-state index contributed by atoms with van der Waals surface area (Å²) in [6.07, 6.45) is 1.34. The van der Waals surface area contributed by atoms with E-state index in [1.165, 1.54) is 0 Å². The summed E-state index contributed by atoms with van der Waals surface area (Å²) in [6, 6.07) is 10.7. The van der Waals surface area contributed by atoms with Crippen molar-refractivity contribution in [1.29, 1.82) is 0 Å².